The molecule has 0 spiro atoms. The Labute approximate surface area is 122 Å². The largest absolute Gasteiger partial charge is 0.496 e. The normalized spacial score (nSPS) is 15.7. The van der Waals surface area contributed by atoms with E-state index >= 15 is 0 Å². The third kappa shape index (κ3) is 4.47. The van der Waals surface area contributed by atoms with Crippen molar-refractivity contribution in [3.63, 3.8) is 0 Å². The lowest BCUT2D eigenvalue weighted by atomic mass is 10.0. The van der Waals surface area contributed by atoms with Crippen molar-refractivity contribution in [2.75, 3.05) is 20.8 Å². The fourth-order valence-corrected chi connectivity index (χ4v) is 2.15. The molecular formula is C16H27NO3. The smallest absolute Gasteiger partial charge is 0.124 e. The van der Waals surface area contributed by atoms with Crippen LogP contribution in [0.3, 0.4) is 0 Å². The second kappa shape index (κ2) is 8.25. The Morgan fingerprint density at radius 3 is 2.45 bits per heavy atom. The molecule has 0 amide bonds. The fraction of sp³-hybridized carbons (Fsp3) is 0.625. The summed E-state index contributed by atoms with van der Waals surface area (Å²) in [6.45, 7) is 6.98. The van der Waals surface area contributed by atoms with Crippen molar-refractivity contribution in [3.8, 4) is 5.75 Å². The number of hydrogen-bond donors (Lipinski definition) is 2. The van der Waals surface area contributed by atoms with Gasteiger partial charge in [-0.05, 0) is 37.5 Å². The molecule has 4 heteroatoms. The molecule has 0 heterocycles. The molecule has 0 fully saturated rings. The lowest BCUT2D eigenvalue weighted by Crippen LogP contribution is -2.35. The van der Waals surface area contributed by atoms with Crippen molar-refractivity contribution in [2.45, 2.75) is 39.5 Å². The number of rotatable bonds is 8. The summed E-state index contributed by atoms with van der Waals surface area (Å²) in [5.41, 5.74) is 2.24. The van der Waals surface area contributed by atoms with Gasteiger partial charge in [0, 0.05) is 31.4 Å². The zero-order chi connectivity index (χ0) is 15.1. The molecule has 3 atom stereocenters. The van der Waals surface area contributed by atoms with Crippen LogP contribution < -0.4 is 10.1 Å². The Kier molecular flexibility index (Phi) is 6.99. The van der Waals surface area contributed by atoms with Crippen LogP contribution in [0.1, 0.15) is 37.9 Å². The van der Waals surface area contributed by atoms with E-state index in [2.05, 4.69) is 31.3 Å². The van der Waals surface area contributed by atoms with E-state index in [1.165, 1.54) is 5.56 Å². The highest BCUT2D eigenvalue weighted by Crippen LogP contribution is 2.24. The molecule has 2 N–H and O–H groups in total. The number of aliphatic hydroxyl groups excluding tert-OH is 1. The summed E-state index contributed by atoms with van der Waals surface area (Å²) in [5, 5.41) is 12.7. The summed E-state index contributed by atoms with van der Waals surface area (Å²) in [6.07, 6.45) is 0. The minimum atomic E-state index is 0.193. The van der Waals surface area contributed by atoms with E-state index in [1.807, 2.05) is 13.0 Å². The van der Waals surface area contributed by atoms with Crippen LogP contribution >= 0.6 is 0 Å². The van der Waals surface area contributed by atoms with Crippen molar-refractivity contribution in [1.29, 1.82) is 0 Å². The van der Waals surface area contributed by atoms with Crippen molar-refractivity contribution in [3.05, 3.63) is 29.3 Å². The first kappa shape index (κ1) is 17.0. The van der Waals surface area contributed by atoms with Crippen LogP contribution in [0.2, 0.25) is 0 Å². The molecule has 4 nitrogen and oxygen atoms in total. The Morgan fingerprint density at radius 1 is 1.20 bits per heavy atom. The predicted octanol–water partition coefficient (Wildman–Crippen LogP) is 2.51. The third-order valence-electron chi connectivity index (χ3n) is 3.76. The summed E-state index contributed by atoms with van der Waals surface area (Å²) < 4.78 is 10.5. The quantitative estimate of drug-likeness (QED) is 0.769. The summed E-state index contributed by atoms with van der Waals surface area (Å²) in [5.74, 6) is 1.08. The van der Waals surface area contributed by atoms with E-state index in [4.69, 9.17) is 9.47 Å². The highest BCUT2D eigenvalue weighted by Gasteiger charge is 2.16. The van der Waals surface area contributed by atoms with Crippen LogP contribution in [0.5, 0.6) is 5.75 Å². The van der Waals surface area contributed by atoms with E-state index in [0.29, 0.717) is 6.61 Å². The molecule has 1 rings (SSSR count). The number of nitrogens with one attached hydrogen (secondary N) is 1. The minimum absolute atomic E-state index is 0.193. The van der Waals surface area contributed by atoms with Crippen molar-refractivity contribution < 1.29 is 14.6 Å². The minimum Gasteiger partial charge on any atom is -0.496 e. The number of hydrogen-bond acceptors (Lipinski definition) is 4. The predicted molar refractivity (Wildman–Crippen MR) is 81.0 cm³/mol. The molecule has 0 saturated heterocycles. The van der Waals surface area contributed by atoms with Gasteiger partial charge in [0.1, 0.15) is 5.75 Å². The molecule has 0 aliphatic heterocycles. The monoisotopic (exact) mass is 281 g/mol. The molecule has 0 aromatic heterocycles. The molecule has 3 unspecified atom stereocenters. The van der Waals surface area contributed by atoms with Gasteiger partial charge in [0.15, 0.2) is 0 Å². The Hall–Kier alpha value is -1.10. The summed E-state index contributed by atoms with van der Waals surface area (Å²) in [6, 6.07) is 6.60. The van der Waals surface area contributed by atoms with Gasteiger partial charge < -0.3 is 19.9 Å². The van der Waals surface area contributed by atoms with Gasteiger partial charge in [-0.3, -0.25) is 0 Å². The average Bonchev–Trinajstić information content (AvgIpc) is 2.46. The Morgan fingerprint density at radius 2 is 1.90 bits per heavy atom. The molecule has 0 bridgehead atoms. The number of aliphatic hydroxyl groups is 1. The Balaban J connectivity index is 2.82. The zero-order valence-corrected chi connectivity index (χ0v) is 13.1. The SMILES string of the molecule is COCc1cc(C(C)NC(C)C(C)CO)ccc1OC. The molecule has 20 heavy (non-hydrogen) atoms. The molecular weight excluding hydrogens is 254 g/mol. The van der Waals surface area contributed by atoms with Crippen LogP contribution in [0, 0.1) is 5.92 Å². The molecule has 114 valence electrons. The standard InChI is InChI=1S/C16H27NO3/c1-11(9-18)12(2)17-13(3)14-6-7-16(20-5)15(8-14)10-19-4/h6-8,11-13,17-18H,9-10H2,1-5H3. The van der Waals surface area contributed by atoms with Gasteiger partial charge in [0.2, 0.25) is 0 Å². The van der Waals surface area contributed by atoms with E-state index in [-0.39, 0.29) is 24.6 Å². The third-order valence-corrected chi connectivity index (χ3v) is 3.76. The van der Waals surface area contributed by atoms with Crippen molar-refractivity contribution in [1.82, 2.24) is 5.32 Å². The Bertz CT molecular complexity index is 409. The number of methoxy groups -OCH3 is 2. The van der Waals surface area contributed by atoms with E-state index in [1.54, 1.807) is 14.2 Å². The van der Waals surface area contributed by atoms with Gasteiger partial charge in [-0.2, -0.15) is 0 Å². The van der Waals surface area contributed by atoms with Crippen LogP contribution in [0.4, 0.5) is 0 Å². The maximum Gasteiger partial charge on any atom is 0.124 e. The number of benzene rings is 1. The van der Waals surface area contributed by atoms with E-state index in [9.17, 15) is 5.11 Å². The fourth-order valence-electron chi connectivity index (χ4n) is 2.15. The second-order valence-corrected chi connectivity index (χ2v) is 5.34. The van der Waals surface area contributed by atoms with Crippen molar-refractivity contribution in [2.24, 2.45) is 5.92 Å². The van der Waals surface area contributed by atoms with Crippen molar-refractivity contribution >= 4 is 0 Å². The first-order valence-corrected chi connectivity index (χ1v) is 7.06. The molecule has 0 aliphatic carbocycles. The maximum atomic E-state index is 9.20. The van der Waals surface area contributed by atoms with Crippen LogP contribution in [0.15, 0.2) is 18.2 Å². The molecule has 0 radical (unpaired) electrons. The highest BCUT2D eigenvalue weighted by atomic mass is 16.5. The number of ether oxygens (including phenoxy) is 2. The summed E-state index contributed by atoms with van der Waals surface area (Å²) in [7, 11) is 3.35. The van der Waals surface area contributed by atoms with Gasteiger partial charge in [-0.1, -0.05) is 13.0 Å². The van der Waals surface area contributed by atoms with E-state index < -0.39 is 0 Å². The lowest BCUT2D eigenvalue weighted by molar-refractivity contribution is 0.181. The van der Waals surface area contributed by atoms with Crippen LogP contribution in [-0.2, 0) is 11.3 Å². The molecule has 1 aromatic carbocycles. The first-order chi connectivity index (χ1) is 9.53. The maximum absolute atomic E-state index is 9.20. The van der Waals surface area contributed by atoms with Crippen LogP contribution in [-0.4, -0.2) is 32.0 Å². The summed E-state index contributed by atoms with van der Waals surface area (Å²) in [4.78, 5) is 0. The topological polar surface area (TPSA) is 50.7 Å². The molecule has 0 aliphatic rings. The first-order valence-electron chi connectivity index (χ1n) is 7.06. The van der Waals surface area contributed by atoms with Gasteiger partial charge in [-0.15, -0.1) is 0 Å². The average molecular weight is 281 g/mol. The lowest BCUT2D eigenvalue weighted by Gasteiger charge is -2.25. The van der Waals surface area contributed by atoms with E-state index in [0.717, 1.165) is 11.3 Å². The molecule has 1 aromatic rings. The van der Waals surface area contributed by atoms with Gasteiger partial charge >= 0.3 is 0 Å². The van der Waals surface area contributed by atoms with Gasteiger partial charge in [0.25, 0.3) is 0 Å². The van der Waals surface area contributed by atoms with Gasteiger partial charge in [-0.25, -0.2) is 0 Å². The van der Waals surface area contributed by atoms with Gasteiger partial charge in [0.05, 0.1) is 13.7 Å². The highest BCUT2D eigenvalue weighted by molar-refractivity contribution is 5.38. The molecule has 0 saturated carbocycles. The zero-order valence-electron chi connectivity index (χ0n) is 13.1. The summed E-state index contributed by atoms with van der Waals surface area (Å²) >= 11 is 0. The second-order valence-electron chi connectivity index (χ2n) is 5.34. The van der Waals surface area contributed by atoms with Crippen LogP contribution in [0.25, 0.3) is 0 Å².